The van der Waals surface area contributed by atoms with E-state index in [1.165, 1.54) is 38.6 Å². The maximum absolute atomic E-state index is 5.75. The first-order valence-electron chi connectivity index (χ1n) is 6.55. The summed E-state index contributed by atoms with van der Waals surface area (Å²) in [6.07, 6.45) is 6.98. The second-order valence-electron chi connectivity index (χ2n) is 5.22. The van der Waals surface area contributed by atoms with E-state index in [1.54, 1.807) is 0 Å². The highest BCUT2D eigenvalue weighted by molar-refractivity contribution is 6.29. The van der Waals surface area contributed by atoms with Gasteiger partial charge in [0.1, 0.15) is 0 Å². The molecule has 0 N–H and O–H groups in total. The van der Waals surface area contributed by atoms with Crippen LogP contribution < -0.4 is 0 Å². The number of likely N-dealkylation sites (tertiary alicyclic amines) is 1. The van der Waals surface area contributed by atoms with Crippen LogP contribution in [0.2, 0.25) is 5.15 Å². The lowest BCUT2D eigenvalue weighted by molar-refractivity contribution is 0.174. The summed E-state index contributed by atoms with van der Waals surface area (Å²) < 4.78 is 0. The fourth-order valence-electron chi connectivity index (χ4n) is 3.34. The third-order valence-electron chi connectivity index (χ3n) is 4.18. The van der Waals surface area contributed by atoms with Crippen LogP contribution in [-0.2, 0) is 6.54 Å². The van der Waals surface area contributed by atoms with Gasteiger partial charge in [0.25, 0.3) is 0 Å². The zero-order chi connectivity index (χ0) is 11.7. The molecule has 1 aromatic heterocycles. The standard InChI is InChI=1S/C13H18ClN3/c14-13-6-5-11(15-16-13)9-17-8-7-10-3-1-2-4-12(10)17/h5-6,10,12H,1-4,7-9H2. The third-order valence-corrected chi connectivity index (χ3v) is 4.38. The Morgan fingerprint density at radius 1 is 1.18 bits per heavy atom. The van der Waals surface area contributed by atoms with Gasteiger partial charge in [-0.25, -0.2) is 0 Å². The van der Waals surface area contributed by atoms with Crippen molar-refractivity contribution in [2.24, 2.45) is 5.92 Å². The average Bonchev–Trinajstić information content (AvgIpc) is 2.76. The highest BCUT2D eigenvalue weighted by Gasteiger charge is 2.35. The lowest BCUT2D eigenvalue weighted by atomic mass is 9.85. The van der Waals surface area contributed by atoms with E-state index in [0.717, 1.165) is 24.2 Å². The molecule has 3 rings (SSSR count). The van der Waals surface area contributed by atoms with Gasteiger partial charge in [0.05, 0.1) is 5.69 Å². The first-order chi connectivity index (χ1) is 8.33. The van der Waals surface area contributed by atoms with Crippen molar-refractivity contribution < 1.29 is 0 Å². The van der Waals surface area contributed by atoms with Crippen LogP contribution in [0.3, 0.4) is 0 Å². The first kappa shape index (κ1) is 11.4. The van der Waals surface area contributed by atoms with Crippen LogP contribution in [0.4, 0.5) is 0 Å². The molecule has 2 heterocycles. The van der Waals surface area contributed by atoms with Gasteiger partial charge in [-0.05, 0) is 43.9 Å². The van der Waals surface area contributed by atoms with Gasteiger partial charge in [0.2, 0.25) is 0 Å². The van der Waals surface area contributed by atoms with Gasteiger partial charge in [-0.2, -0.15) is 5.10 Å². The van der Waals surface area contributed by atoms with E-state index in [1.807, 2.05) is 12.1 Å². The molecular weight excluding hydrogens is 234 g/mol. The maximum Gasteiger partial charge on any atom is 0.151 e. The van der Waals surface area contributed by atoms with Crippen molar-refractivity contribution in [3.05, 3.63) is 23.0 Å². The van der Waals surface area contributed by atoms with E-state index in [9.17, 15) is 0 Å². The van der Waals surface area contributed by atoms with E-state index in [-0.39, 0.29) is 0 Å². The molecule has 0 amide bonds. The van der Waals surface area contributed by atoms with Gasteiger partial charge in [-0.3, -0.25) is 4.90 Å². The topological polar surface area (TPSA) is 29.0 Å². The Balaban J connectivity index is 1.67. The smallest absolute Gasteiger partial charge is 0.151 e. The number of halogens is 1. The molecule has 4 heteroatoms. The lowest BCUT2D eigenvalue weighted by Gasteiger charge is -2.31. The van der Waals surface area contributed by atoms with Crippen LogP contribution in [0, 0.1) is 5.92 Å². The maximum atomic E-state index is 5.75. The van der Waals surface area contributed by atoms with E-state index in [0.29, 0.717) is 5.15 Å². The fraction of sp³-hybridized carbons (Fsp3) is 0.692. The minimum atomic E-state index is 0.478. The summed E-state index contributed by atoms with van der Waals surface area (Å²) in [7, 11) is 0. The summed E-state index contributed by atoms with van der Waals surface area (Å²) in [6, 6.07) is 4.62. The van der Waals surface area contributed by atoms with Gasteiger partial charge < -0.3 is 0 Å². The number of aromatic nitrogens is 2. The van der Waals surface area contributed by atoms with Crippen LogP contribution in [0.25, 0.3) is 0 Å². The fourth-order valence-corrected chi connectivity index (χ4v) is 3.44. The number of fused-ring (bicyclic) bond motifs is 1. The summed E-state index contributed by atoms with van der Waals surface area (Å²) >= 11 is 5.75. The zero-order valence-corrected chi connectivity index (χ0v) is 10.7. The Kier molecular flexibility index (Phi) is 3.30. The van der Waals surface area contributed by atoms with Crippen LogP contribution >= 0.6 is 11.6 Å². The molecule has 2 atom stereocenters. The molecule has 1 saturated heterocycles. The van der Waals surface area contributed by atoms with E-state index >= 15 is 0 Å². The molecule has 2 fully saturated rings. The van der Waals surface area contributed by atoms with Crippen LogP contribution in [0.15, 0.2) is 12.1 Å². The predicted molar refractivity (Wildman–Crippen MR) is 67.8 cm³/mol. The van der Waals surface area contributed by atoms with Crippen molar-refractivity contribution in [1.29, 1.82) is 0 Å². The van der Waals surface area contributed by atoms with Gasteiger partial charge in [0.15, 0.2) is 5.15 Å². The monoisotopic (exact) mass is 251 g/mol. The Morgan fingerprint density at radius 2 is 2.06 bits per heavy atom. The van der Waals surface area contributed by atoms with Gasteiger partial charge >= 0.3 is 0 Å². The average molecular weight is 252 g/mol. The molecule has 0 bridgehead atoms. The molecular formula is C13H18ClN3. The number of nitrogens with zero attached hydrogens (tertiary/aromatic N) is 3. The zero-order valence-electron chi connectivity index (χ0n) is 9.98. The molecule has 0 radical (unpaired) electrons. The second kappa shape index (κ2) is 4.91. The largest absolute Gasteiger partial charge is 0.294 e. The van der Waals surface area contributed by atoms with Gasteiger partial charge in [-0.1, -0.05) is 24.4 Å². The van der Waals surface area contributed by atoms with Crippen molar-refractivity contribution in [2.75, 3.05) is 6.54 Å². The Hall–Kier alpha value is -0.670. The van der Waals surface area contributed by atoms with Gasteiger partial charge in [0, 0.05) is 12.6 Å². The molecule has 17 heavy (non-hydrogen) atoms. The van der Waals surface area contributed by atoms with E-state index in [2.05, 4.69) is 15.1 Å². The van der Waals surface area contributed by atoms with Crippen molar-refractivity contribution in [1.82, 2.24) is 15.1 Å². The summed E-state index contributed by atoms with van der Waals surface area (Å²) in [6.45, 7) is 2.16. The molecule has 2 aliphatic rings. The summed E-state index contributed by atoms with van der Waals surface area (Å²) in [5.74, 6) is 0.934. The molecule has 3 nitrogen and oxygen atoms in total. The number of hydrogen-bond donors (Lipinski definition) is 0. The molecule has 0 spiro atoms. The normalized spacial score (nSPS) is 29.2. The van der Waals surface area contributed by atoms with Crippen LogP contribution in [0.1, 0.15) is 37.8 Å². The molecule has 1 aliphatic carbocycles. The quantitative estimate of drug-likeness (QED) is 0.809. The second-order valence-corrected chi connectivity index (χ2v) is 5.61. The minimum Gasteiger partial charge on any atom is -0.294 e. The minimum absolute atomic E-state index is 0.478. The number of rotatable bonds is 2. The SMILES string of the molecule is Clc1ccc(CN2CCC3CCCCC32)nn1. The highest BCUT2D eigenvalue weighted by Crippen LogP contribution is 2.36. The summed E-state index contributed by atoms with van der Waals surface area (Å²) in [4.78, 5) is 2.59. The summed E-state index contributed by atoms with van der Waals surface area (Å²) in [5, 5.41) is 8.55. The van der Waals surface area contributed by atoms with E-state index < -0.39 is 0 Å². The molecule has 0 aromatic carbocycles. The third kappa shape index (κ3) is 2.45. The van der Waals surface area contributed by atoms with E-state index in [4.69, 9.17) is 11.6 Å². The van der Waals surface area contributed by atoms with Crippen molar-refractivity contribution in [3.8, 4) is 0 Å². The van der Waals surface area contributed by atoms with Crippen LogP contribution in [0.5, 0.6) is 0 Å². The van der Waals surface area contributed by atoms with Gasteiger partial charge in [-0.15, -0.1) is 5.10 Å². The lowest BCUT2D eigenvalue weighted by Crippen LogP contribution is -2.34. The first-order valence-corrected chi connectivity index (χ1v) is 6.93. The predicted octanol–water partition coefficient (Wildman–Crippen LogP) is 2.89. The Labute approximate surface area is 107 Å². The Bertz CT molecular complexity index is 379. The molecule has 92 valence electrons. The number of hydrogen-bond acceptors (Lipinski definition) is 3. The Morgan fingerprint density at radius 3 is 2.88 bits per heavy atom. The molecule has 1 aromatic rings. The molecule has 1 saturated carbocycles. The van der Waals surface area contributed by atoms with Crippen LogP contribution in [-0.4, -0.2) is 27.7 Å². The molecule has 1 aliphatic heterocycles. The summed E-state index contributed by atoms with van der Waals surface area (Å²) in [5.41, 5.74) is 1.04. The van der Waals surface area contributed by atoms with Crippen molar-refractivity contribution in [2.45, 2.75) is 44.7 Å². The highest BCUT2D eigenvalue weighted by atomic mass is 35.5. The van der Waals surface area contributed by atoms with Crippen molar-refractivity contribution >= 4 is 11.6 Å². The molecule has 2 unspecified atom stereocenters. The van der Waals surface area contributed by atoms with Crippen molar-refractivity contribution in [3.63, 3.8) is 0 Å².